The van der Waals surface area contributed by atoms with Gasteiger partial charge in [-0.1, -0.05) is 32.9 Å². The number of ether oxygens (including phenoxy) is 1. The van der Waals surface area contributed by atoms with Crippen molar-refractivity contribution in [3.05, 3.63) is 29.8 Å². The van der Waals surface area contributed by atoms with E-state index in [1.807, 2.05) is 24.3 Å². The van der Waals surface area contributed by atoms with Crippen LogP contribution < -0.4 is 4.43 Å². The van der Waals surface area contributed by atoms with Crippen LogP contribution in [0, 0.1) is 0 Å². The highest BCUT2D eigenvalue weighted by atomic mass is 28.4. The number of benzene rings is 1. The first-order valence-corrected chi connectivity index (χ1v) is 10.4. The molecule has 0 bridgehead atoms. The number of aliphatic imine (C=N–C) groups is 1. The van der Waals surface area contributed by atoms with E-state index in [2.05, 4.69) is 43.6 Å². The summed E-state index contributed by atoms with van der Waals surface area (Å²) in [4.78, 5) is 25.5. The van der Waals surface area contributed by atoms with Gasteiger partial charge in [-0.3, -0.25) is 0 Å². The Balaban J connectivity index is 2.84. The fourth-order valence-electron chi connectivity index (χ4n) is 1.75. The van der Waals surface area contributed by atoms with Crippen molar-refractivity contribution in [2.75, 3.05) is 7.11 Å². The zero-order chi connectivity index (χ0) is 17.7. The van der Waals surface area contributed by atoms with Crippen molar-refractivity contribution < 1.29 is 18.8 Å². The van der Waals surface area contributed by atoms with Crippen molar-refractivity contribution in [3.8, 4) is 5.75 Å². The summed E-state index contributed by atoms with van der Waals surface area (Å²) in [6.45, 7) is 10.9. The molecule has 126 valence electrons. The normalized spacial score (nSPS) is 13.0. The Bertz CT molecular complexity index is 584. The maximum atomic E-state index is 11.6. The van der Waals surface area contributed by atoms with Crippen LogP contribution in [0.25, 0.3) is 0 Å². The number of hydrogen-bond donors (Lipinski definition) is 0. The van der Waals surface area contributed by atoms with E-state index >= 15 is 0 Å². The average Bonchev–Trinajstić information content (AvgIpc) is 2.46. The second-order valence-electron chi connectivity index (χ2n) is 6.97. The molecule has 0 N–H and O–H groups in total. The van der Waals surface area contributed by atoms with Crippen LogP contribution in [0.15, 0.2) is 29.3 Å². The molecule has 1 rings (SSSR count). The van der Waals surface area contributed by atoms with Gasteiger partial charge in [-0.2, -0.15) is 4.99 Å². The molecule has 23 heavy (non-hydrogen) atoms. The molecule has 1 aromatic rings. The van der Waals surface area contributed by atoms with Gasteiger partial charge in [0.25, 0.3) is 0 Å². The van der Waals surface area contributed by atoms with E-state index in [9.17, 15) is 9.59 Å². The molecule has 0 spiro atoms. The number of hydrogen-bond acceptors (Lipinski definition) is 5. The van der Waals surface area contributed by atoms with Crippen molar-refractivity contribution in [3.63, 3.8) is 0 Å². The Labute approximate surface area is 138 Å². The lowest BCUT2D eigenvalue weighted by Gasteiger charge is -2.36. The summed E-state index contributed by atoms with van der Waals surface area (Å²) in [6, 6.07) is 6.66. The van der Waals surface area contributed by atoms with Crippen molar-refractivity contribution in [1.29, 1.82) is 0 Å². The first kappa shape index (κ1) is 19.1. The third-order valence-electron chi connectivity index (χ3n) is 4.21. The largest absolute Gasteiger partial charge is 0.544 e. The standard InChI is InChI=1S/C17H25NO4Si/c1-17(2,3)23(5,6)22-14-9-7-13(8-10-14)11-15(18-12-19)16(20)21-4/h7-10,15H,11H2,1-6H3. The van der Waals surface area contributed by atoms with Gasteiger partial charge in [-0.25, -0.2) is 9.59 Å². The summed E-state index contributed by atoms with van der Waals surface area (Å²) in [7, 11) is -0.606. The molecule has 6 heteroatoms. The van der Waals surface area contributed by atoms with E-state index in [1.54, 1.807) is 0 Å². The van der Waals surface area contributed by atoms with Gasteiger partial charge < -0.3 is 9.16 Å². The maximum Gasteiger partial charge on any atom is 0.331 e. The van der Waals surface area contributed by atoms with Gasteiger partial charge in [0, 0.05) is 6.42 Å². The quantitative estimate of drug-likeness (QED) is 0.345. The van der Waals surface area contributed by atoms with E-state index in [0.29, 0.717) is 6.42 Å². The first-order chi connectivity index (χ1) is 10.6. The van der Waals surface area contributed by atoms with E-state index < -0.39 is 20.3 Å². The average molecular weight is 335 g/mol. The summed E-state index contributed by atoms with van der Waals surface area (Å²) >= 11 is 0. The van der Waals surface area contributed by atoms with E-state index in [4.69, 9.17) is 4.43 Å². The van der Waals surface area contributed by atoms with Crippen LogP contribution in [0.1, 0.15) is 26.3 Å². The molecule has 1 aromatic carbocycles. The summed E-state index contributed by atoms with van der Waals surface area (Å²) in [6.07, 6.45) is 1.71. The smallest absolute Gasteiger partial charge is 0.331 e. The zero-order valence-corrected chi connectivity index (χ0v) is 15.7. The van der Waals surface area contributed by atoms with Crippen molar-refractivity contribution >= 4 is 20.4 Å². The SMILES string of the molecule is COC(=O)C(Cc1ccc(O[Si](C)(C)C(C)(C)C)cc1)N=C=O. The molecule has 1 unspecified atom stereocenters. The second kappa shape index (κ2) is 7.57. The topological polar surface area (TPSA) is 65.0 Å². The summed E-state index contributed by atoms with van der Waals surface area (Å²) in [5.41, 5.74) is 0.877. The first-order valence-electron chi connectivity index (χ1n) is 7.53. The minimum absolute atomic E-state index is 0.125. The number of carbonyl (C=O) groups is 1. The van der Waals surface area contributed by atoms with Crippen molar-refractivity contribution in [2.45, 2.75) is 51.4 Å². The summed E-state index contributed by atoms with van der Waals surface area (Å²) < 4.78 is 10.8. The van der Waals surface area contributed by atoms with Crippen LogP contribution in [-0.2, 0) is 20.7 Å². The summed E-state index contributed by atoms with van der Waals surface area (Å²) in [5, 5.41) is 0.125. The van der Waals surface area contributed by atoms with Gasteiger partial charge in [0.1, 0.15) is 5.75 Å². The van der Waals surface area contributed by atoms with E-state index in [0.717, 1.165) is 11.3 Å². The van der Waals surface area contributed by atoms with Gasteiger partial charge in [-0.05, 0) is 35.8 Å². The Morgan fingerprint density at radius 3 is 2.26 bits per heavy atom. The zero-order valence-electron chi connectivity index (χ0n) is 14.7. The highest BCUT2D eigenvalue weighted by molar-refractivity contribution is 6.74. The Morgan fingerprint density at radius 1 is 1.26 bits per heavy atom. The molecule has 0 fully saturated rings. The van der Waals surface area contributed by atoms with Crippen LogP contribution in [0.2, 0.25) is 18.1 Å². The summed E-state index contributed by atoms with van der Waals surface area (Å²) in [5.74, 6) is 0.267. The molecule has 0 aromatic heterocycles. The van der Waals surface area contributed by atoms with Crippen molar-refractivity contribution in [1.82, 2.24) is 0 Å². The molecule has 5 nitrogen and oxygen atoms in total. The molecule has 0 heterocycles. The molecular weight excluding hydrogens is 310 g/mol. The highest BCUT2D eigenvalue weighted by Gasteiger charge is 2.38. The molecule has 0 aliphatic rings. The Hall–Kier alpha value is -1.91. The molecule has 0 amide bonds. The van der Waals surface area contributed by atoms with Crippen molar-refractivity contribution in [2.24, 2.45) is 4.99 Å². The fraction of sp³-hybridized carbons (Fsp3) is 0.529. The number of rotatable bonds is 6. The van der Waals surface area contributed by atoms with Gasteiger partial charge in [0.15, 0.2) is 6.04 Å². The fourth-order valence-corrected chi connectivity index (χ4v) is 2.78. The number of esters is 1. The number of methoxy groups -OCH3 is 1. The van der Waals surface area contributed by atoms with Gasteiger partial charge in [0.05, 0.1) is 7.11 Å². The Kier molecular flexibility index (Phi) is 6.30. The minimum atomic E-state index is -1.88. The lowest BCUT2D eigenvalue weighted by molar-refractivity contribution is -0.142. The molecule has 0 saturated heterocycles. The van der Waals surface area contributed by atoms with Gasteiger partial charge in [-0.15, -0.1) is 0 Å². The predicted molar refractivity (Wildman–Crippen MR) is 91.9 cm³/mol. The van der Waals surface area contributed by atoms with Crippen LogP contribution in [0.5, 0.6) is 5.75 Å². The molecule has 0 saturated carbocycles. The third kappa shape index (κ3) is 5.34. The van der Waals surface area contributed by atoms with Crippen LogP contribution >= 0.6 is 0 Å². The van der Waals surface area contributed by atoms with Crippen LogP contribution in [-0.4, -0.2) is 33.5 Å². The van der Waals surface area contributed by atoms with Gasteiger partial charge >= 0.3 is 5.97 Å². The predicted octanol–water partition coefficient (Wildman–Crippen LogP) is 3.49. The lowest BCUT2D eigenvalue weighted by atomic mass is 10.1. The number of carbonyl (C=O) groups excluding carboxylic acids is 2. The lowest BCUT2D eigenvalue weighted by Crippen LogP contribution is -2.43. The van der Waals surface area contributed by atoms with Crippen LogP contribution in [0.4, 0.5) is 0 Å². The molecule has 1 atom stereocenters. The highest BCUT2D eigenvalue weighted by Crippen LogP contribution is 2.37. The van der Waals surface area contributed by atoms with E-state index in [1.165, 1.54) is 13.2 Å². The molecule has 0 aliphatic carbocycles. The van der Waals surface area contributed by atoms with Crippen LogP contribution in [0.3, 0.4) is 0 Å². The molecular formula is C17H25NO4Si. The monoisotopic (exact) mass is 335 g/mol. The minimum Gasteiger partial charge on any atom is -0.544 e. The Morgan fingerprint density at radius 2 is 1.83 bits per heavy atom. The maximum absolute atomic E-state index is 11.6. The molecule has 0 radical (unpaired) electrons. The van der Waals surface area contributed by atoms with Gasteiger partial charge in [0.2, 0.25) is 14.4 Å². The molecule has 0 aliphatic heterocycles. The van der Waals surface area contributed by atoms with E-state index in [-0.39, 0.29) is 5.04 Å². The number of nitrogens with zero attached hydrogens (tertiary/aromatic N) is 1. The number of isocyanates is 1. The third-order valence-corrected chi connectivity index (χ3v) is 8.57. The second-order valence-corrected chi connectivity index (χ2v) is 11.7.